The van der Waals surface area contributed by atoms with E-state index in [1.165, 1.54) is 17.3 Å². The first-order valence-electron chi connectivity index (χ1n) is 10.3. The van der Waals surface area contributed by atoms with E-state index in [4.69, 9.17) is 21.1 Å². The number of nitrogens with one attached hydrogen (secondary N) is 1. The Kier molecular flexibility index (Phi) is 9.90. The smallest absolute Gasteiger partial charge is 0.250 e. The monoisotopic (exact) mass is 594 g/mol. The SMILES string of the molecule is CCOc1cc(/C=N\NC(=O)CSc2ccc(Cl)cc2)cc(I)c1OCc1cccc(C)c1. The maximum atomic E-state index is 12.1. The molecule has 0 unspecified atom stereocenters. The third kappa shape index (κ3) is 8.24. The predicted molar refractivity (Wildman–Crippen MR) is 144 cm³/mol. The average molecular weight is 595 g/mol. The molecule has 0 radical (unpaired) electrons. The van der Waals surface area contributed by atoms with Crippen LogP contribution in [0.25, 0.3) is 0 Å². The minimum absolute atomic E-state index is 0.191. The molecule has 0 aliphatic heterocycles. The van der Waals surface area contributed by atoms with Crippen LogP contribution in [-0.2, 0) is 11.4 Å². The van der Waals surface area contributed by atoms with E-state index in [0.29, 0.717) is 29.7 Å². The molecule has 1 amide bonds. The fourth-order valence-electron chi connectivity index (χ4n) is 2.91. The van der Waals surface area contributed by atoms with Gasteiger partial charge in [0.05, 0.1) is 22.1 Å². The van der Waals surface area contributed by atoms with E-state index < -0.39 is 0 Å². The number of hydrazone groups is 1. The van der Waals surface area contributed by atoms with Crippen molar-refractivity contribution in [3.8, 4) is 11.5 Å². The van der Waals surface area contributed by atoms with Crippen molar-refractivity contribution >= 4 is 58.1 Å². The standard InChI is InChI=1S/C25H24ClIN2O3S/c1-3-31-23-13-19(12-22(27)25(23)32-15-18-6-4-5-17(2)11-18)14-28-29-24(30)16-33-21-9-7-20(26)8-10-21/h4-14H,3,15-16H2,1-2H3,(H,29,30)/b28-14-. The zero-order valence-corrected chi connectivity index (χ0v) is 22.0. The molecule has 0 aliphatic rings. The number of ether oxygens (including phenoxy) is 2. The zero-order valence-electron chi connectivity index (χ0n) is 18.3. The quantitative estimate of drug-likeness (QED) is 0.126. The summed E-state index contributed by atoms with van der Waals surface area (Å²) in [7, 11) is 0. The fourth-order valence-corrected chi connectivity index (χ4v) is 4.51. The molecular formula is C25H24ClIN2O3S. The van der Waals surface area contributed by atoms with Crippen LogP contribution in [0.3, 0.4) is 0 Å². The van der Waals surface area contributed by atoms with Crippen LogP contribution in [0.2, 0.25) is 5.02 Å². The molecule has 8 heteroatoms. The molecule has 5 nitrogen and oxygen atoms in total. The Morgan fingerprint density at radius 1 is 1.15 bits per heavy atom. The number of halogens is 2. The van der Waals surface area contributed by atoms with Crippen LogP contribution in [0.4, 0.5) is 0 Å². The van der Waals surface area contributed by atoms with Crippen LogP contribution in [-0.4, -0.2) is 24.5 Å². The molecule has 0 saturated carbocycles. The van der Waals surface area contributed by atoms with E-state index in [1.54, 1.807) is 18.3 Å². The molecule has 0 aromatic heterocycles. The Balaban J connectivity index is 1.60. The van der Waals surface area contributed by atoms with Crippen molar-refractivity contribution in [2.24, 2.45) is 5.10 Å². The largest absolute Gasteiger partial charge is 0.490 e. The van der Waals surface area contributed by atoms with Crippen LogP contribution >= 0.6 is 46.0 Å². The molecule has 3 rings (SSSR count). The van der Waals surface area contributed by atoms with E-state index in [0.717, 1.165) is 19.6 Å². The minimum atomic E-state index is -0.191. The summed E-state index contributed by atoms with van der Waals surface area (Å²) in [4.78, 5) is 13.1. The highest BCUT2D eigenvalue weighted by molar-refractivity contribution is 14.1. The zero-order chi connectivity index (χ0) is 23.6. The van der Waals surface area contributed by atoms with Gasteiger partial charge in [0.2, 0.25) is 5.91 Å². The van der Waals surface area contributed by atoms with Crippen molar-refractivity contribution in [2.45, 2.75) is 25.3 Å². The summed E-state index contributed by atoms with van der Waals surface area (Å²) in [6.07, 6.45) is 1.60. The molecule has 3 aromatic rings. The van der Waals surface area contributed by atoms with Crippen molar-refractivity contribution in [1.82, 2.24) is 5.43 Å². The van der Waals surface area contributed by atoms with Gasteiger partial charge in [-0.15, -0.1) is 11.8 Å². The van der Waals surface area contributed by atoms with Gasteiger partial charge in [-0.1, -0.05) is 41.4 Å². The third-order valence-electron chi connectivity index (χ3n) is 4.38. The topological polar surface area (TPSA) is 59.9 Å². The lowest BCUT2D eigenvalue weighted by Gasteiger charge is -2.15. The molecule has 3 aromatic carbocycles. The van der Waals surface area contributed by atoms with Gasteiger partial charge in [-0.2, -0.15) is 5.10 Å². The molecule has 172 valence electrons. The summed E-state index contributed by atoms with van der Waals surface area (Å²) in [5.41, 5.74) is 5.65. The number of aryl methyl sites for hydroxylation is 1. The molecule has 0 bridgehead atoms. The normalized spacial score (nSPS) is 10.9. The number of thioether (sulfide) groups is 1. The molecule has 33 heavy (non-hydrogen) atoms. The summed E-state index contributed by atoms with van der Waals surface area (Å²) in [5, 5.41) is 4.75. The van der Waals surface area contributed by atoms with E-state index >= 15 is 0 Å². The van der Waals surface area contributed by atoms with E-state index in [9.17, 15) is 4.79 Å². The Labute approximate surface area is 217 Å². The van der Waals surface area contributed by atoms with Gasteiger partial charge < -0.3 is 9.47 Å². The Hall–Kier alpha value is -2.23. The van der Waals surface area contributed by atoms with E-state index in [-0.39, 0.29) is 11.7 Å². The molecule has 1 N–H and O–H groups in total. The fraction of sp³-hybridized carbons (Fsp3) is 0.200. The summed E-state index contributed by atoms with van der Waals surface area (Å²) >= 11 is 9.52. The maximum Gasteiger partial charge on any atom is 0.250 e. The second-order valence-corrected chi connectivity index (χ2v) is 9.72. The Morgan fingerprint density at radius 3 is 2.67 bits per heavy atom. The minimum Gasteiger partial charge on any atom is -0.490 e. The Morgan fingerprint density at radius 2 is 1.94 bits per heavy atom. The molecule has 0 aliphatic carbocycles. The lowest BCUT2D eigenvalue weighted by atomic mass is 10.1. The van der Waals surface area contributed by atoms with Crippen LogP contribution in [0.5, 0.6) is 11.5 Å². The predicted octanol–water partition coefficient (Wildman–Crippen LogP) is 6.47. The van der Waals surface area contributed by atoms with Gasteiger partial charge in [-0.25, -0.2) is 5.43 Å². The van der Waals surface area contributed by atoms with Crippen molar-refractivity contribution in [2.75, 3.05) is 12.4 Å². The molecule has 0 fully saturated rings. The van der Waals surface area contributed by atoms with Gasteiger partial charge in [-0.3, -0.25) is 4.79 Å². The number of rotatable bonds is 10. The summed E-state index contributed by atoms with van der Waals surface area (Å²) in [6.45, 7) is 4.95. The molecule has 0 saturated heterocycles. The van der Waals surface area contributed by atoms with Gasteiger partial charge >= 0.3 is 0 Å². The second kappa shape index (κ2) is 12.9. The number of hydrogen-bond donors (Lipinski definition) is 1. The number of nitrogens with zero attached hydrogens (tertiary/aromatic N) is 1. The summed E-state index contributed by atoms with van der Waals surface area (Å²) in [5.74, 6) is 1.40. The van der Waals surface area contributed by atoms with Crippen LogP contribution < -0.4 is 14.9 Å². The van der Waals surface area contributed by atoms with E-state index in [2.05, 4.69) is 52.2 Å². The molecule has 0 heterocycles. The maximum absolute atomic E-state index is 12.1. The first kappa shape index (κ1) is 25.4. The molecule has 0 atom stereocenters. The summed E-state index contributed by atoms with van der Waals surface area (Å²) in [6, 6.07) is 19.4. The van der Waals surface area contributed by atoms with Crippen molar-refractivity contribution in [1.29, 1.82) is 0 Å². The number of hydrogen-bond acceptors (Lipinski definition) is 5. The van der Waals surface area contributed by atoms with Crippen molar-refractivity contribution in [3.63, 3.8) is 0 Å². The number of amides is 1. The van der Waals surface area contributed by atoms with Crippen LogP contribution in [0.1, 0.15) is 23.6 Å². The second-order valence-electron chi connectivity index (χ2n) is 7.08. The molecule has 0 spiro atoms. The van der Waals surface area contributed by atoms with Crippen molar-refractivity contribution < 1.29 is 14.3 Å². The first-order chi connectivity index (χ1) is 15.9. The highest BCUT2D eigenvalue weighted by Gasteiger charge is 2.12. The molecular weight excluding hydrogens is 571 g/mol. The number of carbonyl (C=O) groups excluding carboxylic acids is 1. The number of carbonyl (C=O) groups is 1. The lowest BCUT2D eigenvalue weighted by molar-refractivity contribution is -0.118. The average Bonchev–Trinajstić information content (AvgIpc) is 2.78. The summed E-state index contributed by atoms with van der Waals surface area (Å²) < 4.78 is 12.8. The number of benzene rings is 3. The lowest BCUT2D eigenvalue weighted by Crippen LogP contribution is -2.19. The Bertz CT molecular complexity index is 1120. The van der Waals surface area contributed by atoms with E-state index in [1.807, 2.05) is 43.3 Å². The highest BCUT2D eigenvalue weighted by atomic mass is 127. The highest BCUT2D eigenvalue weighted by Crippen LogP contribution is 2.34. The van der Waals surface area contributed by atoms with Gasteiger partial charge in [0, 0.05) is 9.92 Å². The van der Waals surface area contributed by atoms with Crippen LogP contribution in [0, 0.1) is 10.5 Å². The van der Waals surface area contributed by atoms with Gasteiger partial charge in [0.25, 0.3) is 0 Å². The van der Waals surface area contributed by atoms with Crippen molar-refractivity contribution in [3.05, 3.63) is 85.9 Å². The van der Waals surface area contributed by atoms with Gasteiger partial charge in [0.1, 0.15) is 6.61 Å². The third-order valence-corrected chi connectivity index (χ3v) is 6.45. The van der Waals surface area contributed by atoms with Crippen LogP contribution in [0.15, 0.2) is 70.7 Å². The van der Waals surface area contributed by atoms with Gasteiger partial charge in [0.15, 0.2) is 11.5 Å². The first-order valence-corrected chi connectivity index (χ1v) is 12.7. The van der Waals surface area contributed by atoms with Gasteiger partial charge in [-0.05, 0) is 84.0 Å².